The highest BCUT2D eigenvalue weighted by molar-refractivity contribution is 7.99. The zero-order chi connectivity index (χ0) is 27.2. The van der Waals surface area contributed by atoms with Crippen LogP contribution in [0.4, 0.5) is 10.7 Å². The summed E-state index contributed by atoms with van der Waals surface area (Å²) >= 11 is 1.51. The highest BCUT2D eigenvalue weighted by atomic mass is 32.2. The number of fused-ring (bicyclic) bond motifs is 2. The number of pyridine rings is 1. The lowest BCUT2D eigenvalue weighted by Gasteiger charge is -2.43. The second-order valence-corrected chi connectivity index (χ2v) is 12.7. The van der Waals surface area contributed by atoms with E-state index in [9.17, 15) is 9.59 Å². The molecule has 1 aliphatic heterocycles. The number of carbonyl (C=O) groups is 1. The molecule has 4 heterocycles. The van der Waals surface area contributed by atoms with Gasteiger partial charge < -0.3 is 19.9 Å². The highest BCUT2D eigenvalue weighted by Gasteiger charge is 2.46. The number of para-hydroxylation sites is 1. The van der Waals surface area contributed by atoms with Crippen molar-refractivity contribution in [1.29, 1.82) is 0 Å². The van der Waals surface area contributed by atoms with Crippen LogP contribution in [0.5, 0.6) is 0 Å². The fourth-order valence-electron chi connectivity index (χ4n) is 6.13. The summed E-state index contributed by atoms with van der Waals surface area (Å²) in [5, 5.41) is 4.17. The minimum Gasteiger partial charge on any atom is -0.444 e. The first-order valence-electron chi connectivity index (χ1n) is 13.6. The first-order valence-corrected chi connectivity index (χ1v) is 14.4. The summed E-state index contributed by atoms with van der Waals surface area (Å²) in [4.78, 5) is 41.3. The Bertz CT molecular complexity index is 1580. The number of imidazole rings is 1. The normalized spacial score (nSPS) is 19.2. The van der Waals surface area contributed by atoms with Gasteiger partial charge in [0, 0.05) is 59.6 Å². The van der Waals surface area contributed by atoms with E-state index in [4.69, 9.17) is 9.72 Å². The summed E-state index contributed by atoms with van der Waals surface area (Å²) in [7, 11) is 0. The van der Waals surface area contributed by atoms with Gasteiger partial charge in [-0.25, -0.2) is 14.8 Å². The van der Waals surface area contributed by atoms with E-state index < -0.39 is 5.60 Å². The lowest BCUT2D eigenvalue weighted by atomic mass is 9.74. The van der Waals surface area contributed by atoms with Crippen molar-refractivity contribution in [2.45, 2.75) is 74.3 Å². The minimum absolute atomic E-state index is 0.0959. The van der Waals surface area contributed by atoms with E-state index in [0.717, 1.165) is 77.5 Å². The molecule has 6 rings (SSSR count). The number of H-pyrrole nitrogens is 1. The van der Waals surface area contributed by atoms with Gasteiger partial charge >= 0.3 is 6.09 Å². The molecule has 0 bridgehead atoms. The van der Waals surface area contributed by atoms with Gasteiger partial charge in [0.1, 0.15) is 5.60 Å². The first kappa shape index (κ1) is 25.7. The van der Waals surface area contributed by atoms with Crippen LogP contribution in [0.3, 0.4) is 0 Å². The molecule has 3 aromatic heterocycles. The Morgan fingerprint density at radius 3 is 2.74 bits per heavy atom. The smallest absolute Gasteiger partial charge is 0.407 e. The number of benzene rings is 1. The molecule has 1 amide bonds. The number of piperidine rings is 1. The molecule has 1 aliphatic carbocycles. The van der Waals surface area contributed by atoms with Crippen LogP contribution in [0.25, 0.3) is 16.6 Å². The third-order valence-corrected chi connectivity index (χ3v) is 9.01. The lowest BCUT2D eigenvalue weighted by molar-refractivity contribution is 0.0442. The average Bonchev–Trinajstić information content (AvgIpc) is 3.52. The predicted octanol–water partition coefficient (Wildman–Crippen LogP) is 5.39. The number of aromatic amines is 1. The van der Waals surface area contributed by atoms with Crippen molar-refractivity contribution in [3.8, 4) is 0 Å². The van der Waals surface area contributed by atoms with E-state index in [0.29, 0.717) is 0 Å². The third kappa shape index (κ3) is 5.09. The zero-order valence-corrected chi connectivity index (χ0v) is 23.4. The lowest BCUT2D eigenvalue weighted by Crippen LogP contribution is -2.51. The molecule has 1 spiro atoms. The van der Waals surface area contributed by atoms with Gasteiger partial charge in [0.2, 0.25) is 11.5 Å². The van der Waals surface area contributed by atoms with Gasteiger partial charge in [-0.3, -0.25) is 9.20 Å². The number of nitrogens with one attached hydrogen (secondary N) is 2. The fourth-order valence-corrected chi connectivity index (χ4v) is 7.17. The second kappa shape index (κ2) is 9.89. The predicted molar refractivity (Wildman–Crippen MR) is 153 cm³/mol. The van der Waals surface area contributed by atoms with Crippen LogP contribution in [0.2, 0.25) is 0 Å². The van der Waals surface area contributed by atoms with Crippen molar-refractivity contribution in [3.63, 3.8) is 0 Å². The van der Waals surface area contributed by atoms with Crippen molar-refractivity contribution in [2.24, 2.45) is 5.41 Å². The third-order valence-electron chi connectivity index (χ3n) is 7.95. The van der Waals surface area contributed by atoms with Crippen molar-refractivity contribution in [1.82, 2.24) is 24.7 Å². The molecule has 4 aromatic rings. The molecule has 10 heteroatoms. The Hall–Kier alpha value is -3.53. The van der Waals surface area contributed by atoms with Gasteiger partial charge in [0.15, 0.2) is 5.65 Å². The van der Waals surface area contributed by atoms with Gasteiger partial charge in [-0.05, 0) is 57.9 Å². The number of carbonyl (C=O) groups excluding carboxylic acids is 1. The number of alkyl carbamates (subject to hydrolysis) is 1. The van der Waals surface area contributed by atoms with Gasteiger partial charge in [0.25, 0.3) is 0 Å². The van der Waals surface area contributed by atoms with Crippen LogP contribution in [-0.4, -0.2) is 50.2 Å². The molecule has 1 saturated heterocycles. The van der Waals surface area contributed by atoms with E-state index in [1.165, 1.54) is 11.8 Å². The number of ether oxygens (including phenoxy) is 1. The molecule has 1 atom stereocenters. The van der Waals surface area contributed by atoms with Crippen molar-refractivity contribution in [2.75, 3.05) is 18.0 Å². The number of amides is 1. The summed E-state index contributed by atoms with van der Waals surface area (Å²) in [6.07, 6.45) is 10.5. The van der Waals surface area contributed by atoms with E-state index in [-0.39, 0.29) is 23.1 Å². The fraction of sp³-hybridized carbons (Fsp3) is 0.448. The van der Waals surface area contributed by atoms with Crippen molar-refractivity contribution < 1.29 is 9.53 Å². The van der Waals surface area contributed by atoms with E-state index in [1.807, 2.05) is 61.8 Å². The molecular weight excluding hydrogens is 512 g/mol. The molecule has 9 nitrogen and oxygen atoms in total. The first-order chi connectivity index (χ1) is 18.7. The second-order valence-electron chi connectivity index (χ2n) is 11.6. The molecule has 2 N–H and O–H groups in total. The van der Waals surface area contributed by atoms with Gasteiger partial charge in [-0.15, -0.1) is 0 Å². The van der Waals surface area contributed by atoms with Crippen LogP contribution in [-0.2, 0) is 4.74 Å². The number of nitrogens with zero attached hydrogens (tertiary/aromatic N) is 4. The molecule has 0 unspecified atom stereocenters. The summed E-state index contributed by atoms with van der Waals surface area (Å²) in [5.74, 6) is 0.868. The number of aromatic nitrogens is 4. The summed E-state index contributed by atoms with van der Waals surface area (Å²) in [6, 6.07) is 9.58. The number of hydrogen-bond acceptors (Lipinski definition) is 7. The van der Waals surface area contributed by atoms with E-state index in [1.54, 1.807) is 12.3 Å². The molecule has 204 valence electrons. The van der Waals surface area contributed by atoms with Crippen LogP contribution in [0.15, 0.2) is 63.5 Å². The number of anilines is 1. The van der Waals surface area contributed by atoms with Crippen molar-refractivity contribution in [3.05, 3.63) is 59.3 Å². The SMILES string of the molecule is CC(C)(C)OC(=O)N[C@@H]1CCCC12CCN(c1ncc(Sc3cc(=O)[nH]c4ccccc34)c3nccn13)CC2. The molecule has 2 aliphatic rings. The maximum Gasteiger partial charge on any atom is 0.407 e. The minimum atomic E-state index is -0.505. The average molecular weight is 547 g/mol. The van der Waals surface area contributed by atoms with Gasteiger partial charge in [-0.2, -0.15) is 0 Å². The maximum atomic E-state index is 12.5. The highest BCUT2D eigenvalue weighted by Crippen LogP contribution is 2.47. The van der Waals surface area contributed by atoms with Crippen LogP contribution in [0, 0.1) is 5.41 Å². The Morgan fingerprint density at radius 2 is 1.95 bits per heavy atom. The summed E-state index contributed by atoms with van der Waals surface area (Å²) in [5.41, 5.74) is 1.09. The molecule has 2 fully saturated rings. The van der Waals surface area contributed by atoms with Crippen LogP contribution in [0.1, 0.15) is 52.9 Å². The van der Waals surface area contributed by atoms with Gasteiger partial charge in [-0.1, -0.05) is 36.4 Å². The molecular formula is C29H34N6O3S. The Balaban J connectivity index is 1.21. The Morgan fingerprint density at radius 1 is 1.15 bits per heavy atom. The quantitative estimate of drug-likeness (QED) is 0.354. The molecule has 1 aromatic carbocycles. The topological polar surface area (TPSA) is 105 Å². The molecule has 1 saturated carbocycles. The standard InChI is InChI=1S/C29H34N6O3S/c1-28(2,3)38-27(37)33-23-9-6-10-29(23)11-14-34(15-12-29)26-31-18-22(25-30-13-16-35(25)26)39-21-17-24(36)32-20-8-5-4-7-19(20)21/h4-5,7-8,13,16-18,23H,6,9-12,14-15H2,1-3H3,(H,32,36)(H,33,37)/t23-/m1/s1. The monoisotopic (exact) mass is 546 g/mol. The maximum absolute atomic E-state index is 12.5. The number of rotatable bonds is 4. The van der Waals surface area contributed by atoms with E-state index in [2.05, 4.69) is 20.2 Å². The molecule has 39 heavy (non-hydrogen) atoms. The van der Waals surface area contributed by atoms with E-state index >= 15 is 0 Å². The Labute approximate surface area is 231 Å². The van der Waals surface area contributed by atoms with Crippen LogP contribution >= 0.6 is 11.8 Å². The largest absolute Gasteiger partial charge is 0.444 e. The number of hydrogen-bond donors (Lipinski definition) is 2. The Kier molecular flexibility index (Phi) is 6.53. The molecule has 0 radical (unpaired) electrons. The van der Waals surface area contributed by atoms with Gasteiger partial charge in [0.05, 0.1) is 4.90 Å². The summed E-state index contributed by atoms with van der Waals surface area (Å²) in [6.45, 7) is 7.40. The van der Waals surface area contributed by atoms with Crippen LogP contribution < -0.4 is 15.8 Å². The summed E-state index contributed by atoms with van der Waals surface area (Å²) < 4.78 is 7.59. The van der Waals surface area contributed by atoms with Crippen molar-refractivity contribution >= 4 is 40.4 Å². The zero-order valence-electron chi connectivity index (χ0n) is 22.6.